The monoisotopic (exact) mass is 588 g/mol. The third-order valence-corrected chi connectivity index (χ3v) is 14.5. The highest BCUT2D eigenvalue weighted by molar-refractivity contribution is 8.78. The summed E-state index contributed by atoms with van der Waals surface area (Å²) in [7, 11) is 0.293. The number of nitrogens with zero attached hydrogens (tertiary/aromatic N) is 3. The van der Waals surface area contributed by atoms with Gasteiger partial charge in [-0.2, -0.15) is 0 Å². The van der Waals surface area contributed by atoms with Crippen molar-refractivity contribution in [1.29, 1.82) is 0 Å². The number of hydrogen-bond acceptors (Lipinski definition) is 6. The standard InChI is InChI=1S/C29H24N4O4S3/c1-27-25(34)32-24-28(17-29(32,39-38-27)26(35)31(27)2,21-16-30-22-14-8-6-12-19(21)22)20-13-7-9-15-23(20)33(24)40(36,37)18-10-4-3-5-11-18/h3-16,24,30H,17H2,1-2H3/t24-,27-,28+,29+/m0/s1. The fourth-order valence-electron chi connectivity index (χ4n) is 7.10. The smallest absolute Gasteiger partial charge is 0.266 e. The number of carbonyl (C=O) groups is 2. The number of aromatic nitrogens is 1. The van der Waals surface area contributed by atoms with Crippen molar-refractivity contribution >= 4 is 60.0 Å². The highest BCUT2D eigenvalue weighted by Gasteiger charge is 2.79. The molecule has 0 saturated carbocycles. The maximum Gasteiger partial charge on any atom is 0.266 e. The summed E-state index contributed by atoms with van der Waals surface area (Å²) in [6.45, 7) is 1.75. The van der Waals surface area contributed by atoms with E-state index in [1.807, 2.05) is 54.7 Å². The molecule has 4 atom stereocenters. The van der Waals surface area contributed by atoms with Crippen molar-refractivity contribution in [2.45, 2.75) is 39.6 Å². The van der Waals surface area contributed by atoms with E-state index < -0.39 is 31.3 Å². The minimum atomic E-state index is -4.15. The number of anilines is 1. The summed E-state index contributed by atoms with van der Waals surface area (Å²) in [4.78, 5) is 32.9. The average molecular weight is 589 g/mol. The van der Waals surface area contributed by atoms with Crippen LogP contribution in [0.3, 0.4) is 0 Å². The molecule has 2 bridgehead atoms. The number of piperazine rings is 1. The van der Waals surface area contributed by atoms with Crippen LogP contribution in [0, 0.1) is 0 Å². The highest BCUT2D eigenvalue weighted by Crippen LogP contribution is 2.71. The van der Waals surface area contributed by atoms with E-state index >= 15 is 0 Å². The Morgan fingerprint density at radius 1 is 0.875 bits per heavy atom. The van der Waals surface area contributed by atoms with E-state index in [4.69, 9.17) is 0 Å². The minimum Gasteiger partial charge on any atom is -0.361 e. The van der Waals surface area contributed by atoms with E-state index in [2.05, 4.69) is 4.98 Å². The number of benzene rings is 3. The Hall–Kier alpha value is -3.41. The molecule has 1 aromatic heterocycles. The zero-order valence-electron chi connectivity index (χ0n) is 21.6. The summed E-state index contributed by atoms with van der Waals surface area (Å²) in [6.07, 6.45) is 1.19. The van der Waals surface area contributed by atoms with Gasteiger partial charge in [-0.1, -0.05) is 76.2 Å². The number of carbonyl (C=O) groups excluding carboxylic acids is 2. The fourth-order valence-corrected chi connectivity index (χ4v) is 12.3. The lowest BCUT2D eigenvalue weighted by atomic mass is 9.72. The van der Waals surface area contributed by atoms with Gasteiger partial charge in [0.1, 0.15) is 6.17 Å². The highest BCUT2D eigenvalue weighted by atomic mass is 33.1. The summed E-state index contributed by atoms with van der Waals surface area (Å²) < 4.78 is 30.6. The molecular formula is C29H24N4O4S3. The molecule has 2 amide bonds. The summed E-state index contributed by atoms with van der Waals surface area (Å²) in [5.41, 5.74) is 2.08. The molecule has 40 heavy (non-hydrogen) atoms. The van der Waals surface area contributed by atoms with Gasteiger partial charge in [0.2, 0.25) is 0 Å². The molecule has 4 aromatic rings. The SMILES string of the molecule is CN1C(=O)[C@]23C[C@]4(c5c[nH]c6ccccc56)c5ccccc5N(S(=O)(=O)c5ccccc5)[C@@H]4N2C(=O)[C@]1(C)SS3. The fraction of sp³-hybridized carbons (Fsp3) is 0.241. The molecule has 1 N–H and O–H groups in total. The van der Waals surface area contributed by atoms with Crippen molar-refractivity contribution < 1.29 is 18.0 Å². The number of hydrogen-bond donors (Lipinski definition) is 1. The van der Waals surface area contributed by atoms with E-state index in [-0.39, 0.29) is 23.1 Å². The van der Waals surface area contributed by atoms with Crippen molar-refractivity contribution in [3.05, 3.63) is 96.2 Å². The van der Waals surface area contributed by atoms with E-state index in [1.54, 1.807) is 54.1 Å². The summed E-state index contributed by atoms with van der Waals surface area (Å²) in [5.74, 6) is -0.437. The molecule has 4 saturated heterocycles. The van der Waals surface area contributed by atoms with Crippen LogP contribution in [0.5, 0.6) is 0 Å². The molecule has 8 nitrogen and oxygen atoms in total. The van der Waals surface area contributed by atoms with E-state index in [0.29, 0.717) is 5.69 Å². The van der Waals surface area contributed by atoms with Crippen LogP contribution in [0.25, 0.3) is 10.9 Å². The molecule has 5 aliphatic rings. The largest absolute Gasteiger partial charge is 0.361 e. The van der Waals surface area contributed by atoms with Crippen LogP contribution in [0.15, 0.2) is 90.0 Å². The van der Waals surface area contributed by atoms with Gasteiger partial charge in [0.05, 0.1) is 16.0 Å². The first-order valence-corrected chi connectivity index (χ1v) is 16.5. The van der Waals surface area contributed by atoms with Gasteiger partial charge in [0, 0.05) is 30.6 Å². The number of nitrogens with one attached hydrogen (secondary N) is 1. The van der Waals surface area contributed by atoms with E-state index in [0.717, 1.165) is 22.0 Å². The Bertz CT molecular complexity index is 1880. The number of aromatic amines is 1. The van der Waals surface area contributed by atoms with Crippen molar-refractivity contribution in [3.63, 3.8) is 0 Å². The first kappa shape index (κ1) is 24.4. The molecular weight excluding hydrogens is 565 g/mol. The average Bonchev–Trinajstić information content (AvgIpc) is 3.61. The van der Waals surface area contributed by atoms with Gasteiger partial charge >= 0.3 is 0 Å². The lowest BCUT2D eigenvalue weighted by Crippen LogP contribution is -2.76. The Kier molecular flexibility index (Phi) is 4.67. The molecule has 1 spiro atoms. The van der Waals surface area contributed by atoms with Crippen LogP contribution in [0.1, 0.15) is 24.5 Å². The molecule has 5 aliphatic heterocycles. The summed E-state index contributed by atoms with van der Waals surface area (Å²) in [6, 6.07) is 23.7. The van der Waals surface area contributed by atoms with E-state index in [9.17, 15) is 18.0 Å². The Morgan fingerprint density at radius 2 is 1.57 bits per heavy atom. The third-order valence-electron chi connectivity index (χ3n) is 9.04. The second kappa shape index (κ2) is 7.65. The van der Waals surface area contributed by atoms with Crippen molar-refractivity contribution in [3.8, 4) is 0 Å². The second-order valence-corrected chi connectivity index (χ2v) is 15.5. The van der Waals surface area contributed by atoms with Crippen LogP contribution in [0.4, 0.5) is 5.69 Å². The predicted molar refractivity (Wildman–Crippen MR) is 156 cm³/mol. The quantitative estimate of drug-likeness (QED) is 0.355. The Balaban J connectivity index is 1.50. The van der Waals surface area contributed by atoms with Crippen LogP contribution < -0.4 is 4.31 Å². The number of sulfonamides is 1. The van der Waals surface area contributed by atoms with Gasteiger partial charge in [-0.05, 0) is 42.3 Å². The van der Waals surface area contributed by atoms with Crippen LogP contribution in [-0.2, 0) is 25.0 Å². The molecule has 4 fully saturated rings. The minimum absolute atomic E-state index is 0.131. The number of fused-ring (bicyclic) bond motifs is 6. The van der Waals surface area contributed by atoms with Crippen LogP contribution >= 0.6 is 21.6 Å². The molecule has 3 aromatic carbocycles. The third kappa shape index (κ3) is 2.60. The van der Waals surface area contributed by atoms with Crippen molar-refractivity contribution in [2.75, 3.05) is 11.4 Å². The topological polar surface area (TPSA) is 93.8 Å². The molecule has 0 unspecified atom stereocenters. The maximum absolute atomic E-state index is 14.6. The maximum atomic E-state index is 14.6. The summed E-state index contributed by atoms with van der Waals surface area (Å²) >= 11 is 0. The van der Waals surface area contributed by atoms with Crippen LogP contribution in [0.2, 0.25) is 0 Å². The zero-order chi connectivity index (χ0) is 27.7. The van der Waals surface area contributed by atoms with Gasteiger partial charge in [-0.3, -0.25) is 14.5 Å². The van der Waals surface area contributed by atoms with Crippen molar-refractivity contribution in [2.24, 2.45) is 0 Å². The number of amides is 2. The van der Waals surface area contributed by atoms with Gasteiger partial charge in [0.25, 0.3) is 21.8 Å². The molecule has 11 heteroatoms. The predicted octanol–water partition coefficient (Wildman–Crippen LogP) is 4.50. The molecule has 6 heterocycles. The van der Waals surface area contributed by atoms with Gasteiger partial charge in [-0.15, -0.1) is 0 Å². The van der Waals surface area contributed by atoms with Crippen LogP contribution in [-0.4, -0.2) is 58.0 Å². The number of rotatable bonds is 3. The Morgan fingerprint density at radius 3 is 2.38 bits per heavy atom. The first-order chi connectivity index (χ1) is 19.2. The first-order valence-electron chi connectivity index (χ1n) is 12.9. The molecule has 0 aliphatic carbocycles. The second-order valence-electron chi connectivity index (χ2n) is 10.9. The lowest BCUT2D eigenvalue weighted by molar-refractivity contribution is -0.163. The lowest BCUT2D eigenvalue weighted by Gasteiger charge is -2.58. The number of likely N-dealkylation sites (N-methyl/N-ethyl adjacent to an activating group) is 1. The van der Waals surface area contributed by atoms with Gasteiger partial charge in [0.15, 0.2) is 9.74 Å². The van der Waals surface area contributed by atoms with Gasteiger partial charge < -0.3 is 9.88 Å². The summed E-state index contributed by atoms with van der Waals surface area (Å²) in [5, 5.41) is 0.934. The zero-order valence-corrected chi connectivity index (χ0v) is 24.0. The van der Waals surface area contributed by atoms with Crippen molar-refractivity contribution in [1.82, 2.24) is 14.8 Å². The molecule has 9 rings (SSSR count). The number of para-hydroxylation sites is 2. The molecule has 202 valence electrons. The number of H-pyrrole nitrogens is 1. The van der Waals surface area contributed by atoms with Gasteiger partial charge in [-0.25, -0.2) is 12.7 Å². The van der Waals surface area contributed by atoms with E-state index in [1.165, 1.54) is 25.9 Å². The molecule has 0 radical (unpaired) electrons. The Labute approximate surface area is 239 Å². The normalized spacial score (nSPS) is 30.6.